The first-order chi connectivity index (χ1) is 12.3. The minimum atomic E-state index is -3.01. The van der Waals surface area contributed by atoms with E-state index in [0.717, 1.165) is 26.7 Å². The second kappa shape index (κ2) is 6.21. The number of hydrogen-bond donors (Lipinski definition) is 1. The van der Waals surface area contributed by atoms with Crippen LogP contribution in [0.2, 0.25) is 0 Å². The summed E-state index contributed by atoms with van der Waals surface area (Å²) >= 11 is 1.53. The number of thiazole rings is 1. The zero-order valence-corrected chi connectivity index (χ0v) is 16.2. The standard InChI is InChI=1S/C18H19N3O3S2/c1-11-3-4-12(2)21(11)18-20-15-6-5-13(9-16(15)25-18)17(22)19-14-7-8-26(23,24)10-14/h3-6,9,14H,7-8,10H2,1-2H3,(H,19,22). The number of amides is 1. The van der Waals surface area contributed by atoms with Crippen molar-refractivity contribution in [2.45, 2.75) is 26.3 Å². The number of rotatable bonds is 3. The molecule has 1 aliphatic heterocycles. The molecule has 3 aromatic rings. The van der Waals surface area contributed by atoms with Crippen LogP contribution in [0, 0.1) is 13.8 Å². The monoisotopic (exact) mass is 389 g/mol. The molecular weight excluding hydrogens is 370 g/mol. The Labute approximate surface area is 155 Å². The minimum Gasteiger partial charge on any atom is -0.348 e. The largest absolute Gasteiger partial charge is 0.348 e. The Morgan fingerprint density at radius 2 is 1.96 bits per heavy atom. The zero-order valence-electron chi connectivity index (χ0n) is 14.5. The minimum absolute atomic E-state index is 0.0257. The number of sulfone groups is 1. The third-order valence-corrected chi connectivity index (χ3v) is 7.44. The van der Waals surface area contributed by atoms with Crippen LogP contribution in [-0.2, 0) is 9.84 Å². The molecule has 6 nitrogen and oxygen atoms in total. The number of benzene rings is 1. The second-order valence-corrected chi connectivity index (χ2v) is 9.94. The molecule has 2 aromatic heterocycles. The van der Waals surface area contributed by atoms with Crippen LogP contribution in [0.1, 0.15) is 28.2 Å². The van der Waals surface area contributed by atoms with Crippen molar-refractivity contribution in [1.82, 2.24) is 14.9 Å². The van der Waals surface area contributed by atoms with Crippen LogP contribution >= 0.6 is 11.3 Å². The first-order valence-corrected chi connectivity index (χ1v) is 11.0. The Morgan fingerprint density at radius 1 is 1.23 bits per heavy atom. The summed E-state index contributed by atoms with van der Waals surface area (Å²) in [7, 11) is -3.01. The summed E-state index contributed by atoms with van der Waals surface area (Å²) in [6.07, 6.45) is 0.479. The van der Waals surface area contributed by atoms with Crippen LogP contribution < -0.4 is 5.32 Å². The maximum absolute atomic E-state index is 12.5. The molecule has 0 aliphatic carbocycles. The lowest BCUT2D eigenvalue weighted by Crippen LogP contribution is -2.35. The van der Waals surface area contributed by atoms with Crippen LogP contribution in [0.15, 0.2) is 30.3 Å². The highest BCUT2D eigenvalue weighted by Crippen LogP contribution is 2.28. The molecule has 1 N–H and O–H groups in total. The fraction of sp³-hybridized carbons (Fsp3) is 0.333. The highest BCUT2D eigenvalue weighted by molar-refractivity contribution is 7.91. The van der Waals surface area contributed by atoms with Gasteiger partial charge in [0.15, 0.2) is 15.0 Å². The number of carbonyl (C=O) groups excluding carboxylic acids is 1. The molecule has 1 aromatic carbocycles. The Hall–Kier alpha value is -2.19. The average Bonchev–Trinajstić information content (AvgIpc) is 3.23. The quantitative estimate of drug-likeness (QED) is 0.747. The fourth-order valence-electron chi connectivity index (χ4n) is 3.30. The number of fused-ring (bicyclic) bond motifs is 1. The van der Waals surface area contributed by atoms with Gasteiger partial charge in [0.2, 0.25) is 0 Å². The van der Waals surface area contributed by atoms with Gasteiger partial charge < -0.3 is 5.32 Å². The molecule has 4 rings (SSSR count). The Balaban J connectivity index is 1.61. The van der Waals surface area contributed by atoms with E-state index in [0.29, 0.717) is 12.0 Å². The molecule has 3 heterocycles. The van der Waals surface area contributed by atoms with E-state index in [1.54, 1.807) is 6.07 Å². The maximum Gasteiger partial charge on any atom is 0.251 e. The first kappa shape index (κ1) is 17.2. The van der Waals surface area contributed by atoms with Gasteiger partial charge in [-0.25, -0.2) is 13.4 Å². The summed E-state index contributed by atoms with van der Waals surface area (Å²) in [5.41, 5.74) is 3.60. The van der Waals surface area contributed by atoms with E-state index >= 15 is 0 Å². The molecule has 0 radical (unpaired) electrons. The van der Waals surface area contributed by atoms with Crippen molar-refractivity contribution in [2.24, 2.45) is 0 Å². The van der Waals surface area contributed by atoms with Gasteiger partial charge in [-0.3, -0.25) is 9.36 Å². The van der Waals surface area contributed by atoms with Crippen molar-refractivity contribution in [3.05, 3.63) is 47.3 Å². The topological polar surface area (TPSA) is 81.1 Å². The van der Waals surface area contributed by atoms with Gasteiger partial charge in [-0.1, -0.05) is 11.3 Å². The summed E-state index contributed by atoms with van der Waals surface area (Å²) in [6, 6.07) is 9.20. The fourth-order valence-corrected chi connectivity index (χ4v) is 6.09. The molecule has 1 amide bonds. The first-order valence-electron chi connectivity index (χ1n) is 8.39. The van der Waals surface area contributed by atoms with E-state index in [1.807, 2.05) is 26.0 Å². The van der Waals surface area contributed by atoms with Gasteiger partial charge in [0.1, 0.15) is 0 Å². The van der Waals surface area contributed by atoms with E-state index in [4.69, 9.17) is 0 Å². The van der Waals surface area contributed by atoms with Crippen LogP contribution in [0.25, 0.3) is 15.3 Å². The van der Waals surface area contributed by atoms with Crippen LogP contribution in [0.3, 0.4) is 0 Å². The van der Waals surface area contributed by atoms with Gasteiger partial charge in [0.25, 0.3) is 5.91 Å². The third-order valence-electron chi connectivity index (χ3n) is 4.67. The lowest BCUT2D eigenvalue weighted by Gasteiger charge is -2.10. The Bertz CT molecular complexity index is 1090. The molecule has 1 atom stereocenters. The molecule has 136 valence electrons. The number of hydrogen-bond acceptors (Lipinski definition) is 5. The summed E-state index contributed by atoms with van der Waals surface area (Å²) in [5, 5.41) is 3.70. The molecule has 0 spiro atoms. The zero-order chi connectivity index (χ0) is 18.5. The lowest BCUT2D eigenvalue weighted by molar-refractivity contribution is 0.0941. The average molecular weight is 390 g/mol. The molecule has 8 heteroatoms. The summed E-state index contributed by atoms with van der Waals surface area (Å²) in [5.74, 6) is -0.0694. The number of aryl methyl sites for hydroxylation is 2. The smallest absolute Gasteiger partial charge is 0.251 e. The van der Waals surface area contributed by atoms with Gasteiger partial charge in [-0.05, 0) is 50.6 Å². The summed E-state index contributed by atoms with van der Waals surface area (Å²) in [4.78, 5) is 17.1. The Morgan fingerprint density at radius 3 is 2.62 bits per heavy atom. The summed E-state index contributed by atoms with van der Waals surface area (Å²) in [6.45, 7) is 4.07. The van der Waals surface area contributed by atoms with Gasteiger partial charge in [-0.15, -0.1) is 0 Å². The molecule has 0 bridgehead atoms. The number of aromatic nitrogens is 2. The van der Waals surface area contributed by atoms with Crippen molar-refractivity contribution >= 4 is 37.3 Å². The predicted octanol–water partition coefficient (Wildman–Crippen LogP) is 2.62. The molecular formula is C18H19N3O3S2. The van der Waals surface area contributed by atoms with Gasteiger partial charge in [0.05, 0.1) is 21.7 Å². The third kappa shape index (κ3) is 3.14. The van der Waals surface area contributed by atoms with Crippen molar-refractivity contribution in [3.8, 4) is 5.13 Å². The van der Waals surface area contributed by atoms with Crippen molar-refractivity contribution in [2.75, 3.05) is 11.5 Å². The van der Waals surface area contributed by atoms with E-state index in [-0.39, 0.29) is 23.5 Å². The van der Waals surface area contributed by atoms with Crippen LogP contribution in [-0.4, -0.2) is 41.4 Å². The van der Waals surface area contributed by atoms with Crippen molar-refractivity contribution in [1.29, 1.82) is 0 Å². The molecule has 1 fully saturated rings. The number of carbonyl (C=O) groups is 1. The molecule has 1 unspecified atom stereocenters. The summed E-state index contributed by atoms with van der Waals surface area (Å²) < 4.78 is 26.1. The van der Waals surface area contributed by atoms with Gasteiger partial charge in [-0.2, -0.15) is 0 Å². The van der Waals surface area contributed by atoms with Crippen LogP contribution in [0.4, 0.5) is 0 Å². The van der Waals surface area contributed by atoms with Crippen molar-refractivity contribution < 1.29 is 13.2 Å². The number of nitrogens with one attached hydrogen (secondary N) is 1. The molecule has 1 aliphatic rings. The van der Waals surface area contributed by atoms with E-state index in [1.165, 1.54) is 11.3 Å². The van der Waals surface area contributed by atoms with Crippen LogP contribution in [0.5, 0.6) is 0 Å². The van der Waals surface area contributed by atoms with E-state index < -0.39 is 9.84 Å². The Kier molecular flexibility index (Phi) is 4.11. The molecule has 1 saturated heterocycles. The maximum atomic E-state index is 12.5. The normalized spacial score (nSPS) is 19.1. The van der Waals surface area contributed by atoms with E-state index in [9.17, 15) is 13.2 Å². The van der Waals surface area contributed by atoms with Gasteiger partial charge in [0, 0.05) is 23.0 Å². The van der Waals surface area contributed by atoms with Gasteiger partial charge >= 0.3 is 0 Å². The lowest BCUT2D eigenvalue weighted by atomic mass is 10.2. The number of nitrogens with zero attached hydrogens (tertiary/aromatic N) is 2. The highest BCUT2D eigenvalue weighted by Gasteiger charge is 2.29. The predicted molar refractivity (Wildman–Crippen MR) is 103 cm³/mol. The van der Waals surface area contributed by atoms with Crippen molar-refractivity contribution in [3.63, 3.8) is 0 Å². The van der Waals surface area contributed by atoms with E-state index in [2.05, 4.69) is 27.0 Å². The second-order valence-electron chi connectivity index (χ2n) is 6.70. The molecule has 0 saturated carbocycles. The highest BCUT2D eigenvalue weighted by atomic mass is 32.2. The molecule has 26 heavy (non-hydrogen) atoms. The SMILES string of the molecule is Cc1ccc(C)n1-c1nc2ccc(C(=O)NC3CCS(=O)(=O)C3)cc2s1.